The fourth-order valence-electron chi connectivity index (χ4n) is 2.93. The normalized spacial score (nSPS) is 15.0. The zero-order valence-corrected chi connectivity index (χ0v) is 18.9. The van der Waals surface area contributed by atoms with E-state index in [2.05, 4.69) is 31.5 Å². The maximum Gasteiger partial charge on any atom is 0.246 e. The minimum absolute atomic E-state index is 0.0213. The molecule has 10 heteroatoms. The lowest BCUT2D eigenvalue weighted by Gasteiger charge is -2.15. The van der Waals surface area contributed by atoms with Crippen LogP contribution < -0.4 is 10.6 Å². The second kappa shape index (κ2) is 8.44. The lowest BCUT2D eigenvalue weighted by Crippen LogP contribution is -2.41. The molecule has 1 heterocycles. The molecule has 0 aliphatic heterocycles. The number of carbonyl (C=O) groups is 2. The Morgan fingerprint density at radius 1 is 1.17 bits per heavy atom. The third-order valence-electron chi connectivity index (χ3n) is 4.58. The molecule has 4 rings (SSSR count). The number of fused-ring (bicyclic) bond motifs is 1. The number of halogens is 1. The summed E-state index contributed by atoms with van der Waals surface area (Å²) in [6.07, 6.45) is 1.85. The van der Waals surface area contributed by atoms with E-state index in [0.717, 1.165) is 33.4 Å². The van der Waals surface area contributed by atoms with E-state index in [4.69, 9.17) is 0 Å². The molecule has 1 saturated carbocycles. The van der Waals surface area contributed by atoms with Gasteiger partial charge in [-0.2, -0.15) is 0 Å². The van der Waals surface area contributed by atoms with Crippen molar-refractivity contribution in [1.82, 2.24) is 15.6 Å². The van der Waals surface area contributed by atoms with Gasteiger partial charge in [0.25, 0.3) is 0 Å². The van der Waals surface area contributed by atoms with Crippen LogP contribution in [0.4, 0.5) is 0 Å². The molecule has 0 bridgehead atoms. The first-order chi connectivity index (χ1) is 14.3. The van der Waals surface area contributed by atoms with Gasteiger partial charge in [0.2, 0.25) is 11.8 Å². The zero-order chi connectivity index (χ0) is 21.3. The fourth-order valence-corrected chi connectivity index (χ4v) is 6.44. The van der Waals surface area contributed by atoms with E-state index >= 15 is 0 Å². The summed E-state index contributed by atoms with van der Waals surface area (Å²) < 4.78 is 28.3. The molecule has 1 unspecified atom stereocenters. The highest BCUT2D eigenvalue weighted by molar-refractivity contribution is 9.10. The molecule has 156 valence electrons. The van der Waals surface area contributed by atoms with Gasteiger partial charge in [0.1, 0.15) is 5.01 Å². The van der Waals surface area contributed by atoms with Crippen molar-refractivity contribution in [3.8, 4) is 0 Å². The van der Waals surface area contributed by atoms with Gasteiger partial charge >= 0.3 is 0 Å². The highest BCUT2D eigenvalue weighted by atomic mass is 79.9. The van der Waals surface area contributed by atoms with Crippen LogP contribution in [0.2, 0.25) is 0 Å². The third-order valence-corrected chi connectivity index (χ3v) is 8.29. The van der Waals surface area contributed by atoms with Gasteiger partial charge in [-0.15, -0.1) is 11.3 Å². The maximum absolute atomic E-state index is 13.3. The maximum atomic E-state index is 13.3. The number of nitrogens with one attached hydrogen (secondary N) is 2. The van der Waals surface area contributed by atoms with Crippen LogP contribution in [-0.2, 0) is 19.4 Å². The van der Waals surface area contributed by atoms with Gasteiger partial charge < -0.3 is 10.6 Å². The summed E-state index contributed by atoms with van der Waals surface area (Å²) in [6, 6.07) is 13.3. The van der Waals surface area contributed by atoms with E-state index in [0.29, 0.717) is 5.52 Å². The number of hydrogen-bond acceptors (Lipinski definition) is 6. The number of amides is 2. The molecule has 30 heavy (non-hydrogen) atoms. The second-order valence-electron chi connectivity index (χ2n) is 6.96. The summed E-state index contributed by atoms with van der Waals surface area (Å²) in [5.74, 6) is -1.11. The average molecular weight is 508 g/mol. The number of rotatable bonds is 7. The molecule has 1 aliphatic rings. The van der Waals surface area contributed by atoms with Crippen molar-refractivity contribution in [1.29, 1.82) is 0 Å². The number of nitrogens with zero attached hydrogens (tertiary/aromatic N) is 1. The van der Waals surface area contributed by atoms with Crippen LogP contribution in [0.5, 0.6) is 0 Å². The molecule has 3 aromatic rings. The molecule has 0 saturated heterocycles. The van der Waals surface area contributed by atoms with Crippen molar-refractivity contribution >= 4 is 59.1 Å². The topological polar surface area (TPSA) is 105 Å². The van der Waals surface area contributed by atoms with Crippen LogP contribution in [-0.4, -0.2) is 37.8 Å². The number of hydrogen-bond donors (Lipinski definition) is 2. The molecule has 7 nitrogen and oxygen atoms in total. The predicted octanol–water partition coefficient (Wildman–Crippen LogP) is 2.97. The van der Waals surface area contributed by atoms with Crippen LogP contribution in [0.1, 0.15) is 23.1 Å². The Kier molecular flexibility index (Phi) is 5.90. The summed E-state index contributed by atoms with van der Waals surface area (Å²) >= 11 is 4.53. The molecular weight excluding hydrogens is 490 g/mol. The zero-order valence-electron chi connectivity index (χ0n) is 15.7. The quantitative estimate of drug-likeness (QED) is 0.511. The lowest BCUT2D eigenvalue weighted by molar-refractivity contribution is -0.126. The minimum Gasteiger partial charge on any atom is -0.352 e. The van der Waals surface area contributed by atoms with E-state index in [1.54, 1.807) is 30.3 Å². The van der Waals surface area contributed by atoms with Crippen LogP contribution in [0, 0.1) is 0 Å². The highest BCUT2D eigenvalue weighted by Gasteiger charge is 2.38. The monoisotopic (exact) mass is 507 g/mol. The second-order valence-corrected chi connectivity index (χ2v) is 11.0. The van der Waals surface area contributed by atoms with Crippen LogP contribution in [0.25, 0.3) is 10.2 Å². The van der Waals surface area contributed by atoms with Gasteiger partial charge in [-0.05, 0) is 43.2 Å². The van der Waals surface area contributed by atoms with Gasteiger partial charge in [0, 0.05) is 10.5 Å². The largest absolute Gasteiger partial charge is 0.352 e. The molecule has 1 atom stereocenters. The molecule has 2 amide bonds. The van der Waals surface area contributed by atoms with Crippen molar-refractivity contribution in [3.63, 3.8) is 0 Å². The van der Waals surface area contributed by atoms with Gasteiger partial charge in [-0.1, -0.05) is 34.1 Å². The fraction of sp³-hybridized carbons (Fsp3) is 0.250. The molecule has 2 aromatic carbocycles. The number of carbonyl (C=O) groups excluding carboxylic acids is 2. The van der Waals surface area contributed by atoms with Crippen LogP contribution >= 0.6 is 27.3 Å². The Labute approximate surface area is 185 Å². The summed E-state index contributed by atoms with van der Waals surface area (Å²) in [6.45, 7) is -0.285. The average Bonchev–Trinajstić information content (AvgIpc) is 3.44. The molecule has 1 fully saturated rings. The first kappa shape index (κ1) is 21.0. The molecule has 1 aliphatic carbocycles. The molecular formula is C20H18BrN3O4S2. The van der Waals surface area contributed by atoms with Crippen molar-refractivity contribution < 1.29 is 18.0 Å². The Hall–Kier alpha value is -2.30. The smallest absolute Gasteiger partial charge is 0.246 e. The van der Waals surface area contributed by atoms with E-state index in [-0.39, 0.29) is 28.4 Å². The van der Waals surface area contributed by atoms with Crippen molar-refractivity contribution in [3.05, 3.63) is 58.0 Å². The highest BCUT2D eigenvalue weighted by Crippen LogP contribution is 2.35. The first-order valence-electron chi connectivity index (χ1n) is 9.26. The lowest BCUT2D eigenvalue weighted by atomic mass is 10.3. The summed E-state index contributed by atoms with van der Waals surface area (Å²) in [5, 5.41) is 3.85. The Bertz CT molecular complexity index is 1210. The van der Waals surface area contributed by atoms with E-state index in [1.165, 1.54) is 12.1 Å². The standard InChI is InChI=1S/C20H18BrN3O4S2/c21-12-6-9-15-16(10-12)29-20(24-15)18(30(27,28)14-4-2-1-3-5-14)19(26)22-11-17(25)23-13-7-8-13/h1-6,9-10,13,18H,7-8,11H2,(H,22,26)(H,23,25). The van der Waals surface area contributed by atoms with E-state index in [9.17, 15) is 18.0 Å². The SMILES string of the molecule is O=C(CNC(=O)C(c1nc2ccc(Br)cc2s1)S(=O)(=O)c1ccccc1)NC1CC1. The predicted molar refractivity (Wildman–Crippen MR) is 118 cm³/mol. The van der Waals surface area contributed by atoms with Gasteiger partial charge in [-0.25, -0.2) is 13.4 Å². The number of aromatic nitrogens is 1. The summed E-state index contributed by atoms with van der Waals surface area (Å²) in [4.78, 5) is 29.4. The van der Waals surface area contributed by atoms with Gasteiger partial charge in [-0.3, -0.25) is 9.59 Å². The minimum atomic E-state index is -4.08. The molecule has 0 spiro atoms. The molecule has 1 aromatic heterocycles. The number of sulfone groups is 1. The number of thiazole rings is 1. The van der Waals surface area contributed by atoms with E-state index in [1.807, 2.05) is 6.07 Å². The van der Waals surface area contributed by atoms with E-state index < -0.39 is 21.0 Å². The van der Waals surface area contributed by atoms with Crippen molar-refractivity contribution in [2.75, 3.05) is 6.54 Å². The van der Waals surface area contributed by atoms with Crippen molar-refractivity contribution in [2.45, 2.75) is 29.0 Å². The van der Waals surface area contributed by atoms with Crippen LogP contribution in [0.15, 0.2) is 57.9 Å². The molecule has 2 N–H and O–H groups in total. The van der Waals surface area contributed by atoms with Gasteiger partial charge in [0.05, 0.1) is 21.7 Å². The van der Waals surface area contributed by atoms with Gasteiger partial charge in [0.15, 0.2) is 15.1 Å². The summed E-state index contributed by atoms with van der Waals surface area (Å²) in [5.41, 5.74) is 0.603. The molecule has 0 radical (unpaired) electrons. The first-order valence-corrected chi connectivity index (χ1v) is 12.4. The Morgan fingerprint density at radius 2 is 1.90 bits per heavy atom. The van der Waals surface area contributed by atoms with Crippen LogP contribution in [0.3, 0.4) is 0 Å². The number of benzene rings is 2. The van der Waals surface area contributed by atoms with Crippen molar-refractivity contribution in [2.24, 2.45) is 0 Å². The summed E-state index contributed by atoms with van der Waals surface area (Å²) in [7, 11) is -4.08. The third kappa shape index (κ3) is 4.55. The Morgan fingerprint density at radius 3 is 2.60 bits per heavy atom. The Balaban J connectivity index is 1.68.